The highest BCUT2D eigenvalue weighted by atomic mass is 32.2. The first-order chi connectivity index (χ1) is 17.0. The number of anilines is 3. The van der Waals surface area contributed by atoms with Crippen molar-refractivity contribution in [2.24, 2.45) is 0 Å². The molecule has 35 heavy (non-hydrogen) atoms. The number of nitrogen functional groups attached to an aromatic ring is 1. The maximum atomic E-state index is 13.2. The summed E-state index contributed by atoms with van der Waals surface area (Å²) in [5, 5.41) is 18.3. The fourth-order valence-electron chi connectivity index (χ4n) is 4.09. The highest BCUT2D eigenvalue weighted by Crippen LogP contribution is 2.38. The molecular formula is C26H25N5O2S2. The van der Waals surface area contributed by atoms with Gasteiger partial charge in [-0.3, -0.25) is 9.00 Å². The van der Waals surface area contributed by atoms with Gasteiger partial charge < -0.3 is 27.1 Å². The molecule has 2 unspecified atom stereocenters. The van der Waals surface area contributed by atoms with Crippen LogP contribution in [0.1, 0.15) is 29.3 Å². The number of hydrogen-bond acceptors (Lipinski definition) is 7. The standard InChI is InChI=1S/C26H25N5O2S2/c1-2-9-35(33)18-7-8-20-21(13-18)30-26(29-20)31-25(32)16-10-17(14-27)24(28)19(11-16)23-12-15-5-3-4-6-22(15)34-23/h3-8,10-14,26-27,29-30H,2,9,28H2,1H3,(H,31,32). The second kappa shape index (κ2) is 9.52. The molecule has 0 bridgehead atoms. The maximum absolute atomic E-state index is 13.2. The molecule has 1 amide bonds. The Labute approximate surface area is 209 Å². The third-order valence-electron chi connectivity index (χ3n) is 5.84. The molecule has 5 rings (SSSR count). The van der Waals surface area contributed by atoms with Gasteiger partial charge in [-0.05, 0) is 54.3 Å². The first kappa shape index (κ1) is 23.1. The molecule has 7 nitrogen and oxygen atoms in total. The summed E-state index contributed by atoms with van der Waals surface area (Å²) in [6, 6.07) is 19.1. The number of carbonyl (C=O) groups is 1. The Morgan fingerprint density at radius 1 is 1.14 bits per heavy atom. The zero-order valence-corrected chi connectivity index (χ0v) is 20.7. The molecule has 1 aliphatic heterocycles. The summed E-state index contributed by atoms with van der Waals surface area (Å²) in [6.45, 7) is 2.00. The summed E-state index contributed by atoms with van der Waals surface area (Å²) in [4.78, 5) is 14.9. The van der Waals surface area contributed by atoms with Crippen LogP contribution >= 0.6 is 11.3 Å². The fourth-order valence-corrected chi connectivity index (χ4v) is 6.26. The number of nitrogens with two attached hydrogens (primary N) is 1. The van der Waals surface area contributed by atoms with Crippen molar-refractivity contribution in [3.63, 3.8) is 0 Å². The van der Waals surface area contributed by atoms with Crippen molar-refractivity contribution in [3.05, 3.63) is 71.8 Å². The van der Waals surface area contributed by atoms with Crippen LogP contribution in [0.3, 0.4) is 0 Å². The van der Waals surface area contributed by atoms with Crippen molar-refractivity contribution in [2.75, 3.05) is 22.1 Å². The Balaban J connectivity index is 1.39. The zero-order chi connectivity index (χ0) is 24.5. The molecule has 0 fully saturated rings. The van der Waals surface area contributed by atoms with Crippen LogP contribution in [0, 0.1) is 5.41 Å². The monoisotopic (exact) mass is 503 g/mol. The Hall–Kier alpha value is -3.69. The molecule has 2 heterocycles. The first-order valence-electron chi connectivity index (χ1n) is 11.3. The molecule has 0 saturated heterocycles. The van der Waals surface area contributed by atoms with Gasteiger partial charge in [0.2, 0.25) is 0 Å². The number of carbonyl (C=O) groups excluding carboxylic acids is 1. The normalized spacial score (nSPS) is 15.2. The third-order valence-corrected chi connectivity index (χ3v) is 8.55. The number of benzene rings is 3. The van der Waals surface area contributed by atoms with Gasteiger partial charge in [-0.1, -0.05) is 25.1 Å². The van der Waals surface area contributed by atoms with Gasteiger partial charge in [-0.15, -0.1) is 11.3 Å². The van der Waals surface area contributed by atoms with E-state index in [1.807, 2.05) is 49.4 Å². The van der Waals surface area contributed by atoms with Gasteiger partial charge in [0.25, 0.3) is 5.91 Å². The third kappa shape index (κ3) is 4.52. The van der Waals surface area contributed by atoms with E-state index >= 15 is 0 Å². The molecular weight excluding hydrogens is 478 g/mol. The number of hydrogen-bond donors (Lipinski definition) is 5. The van der Waals surface area contributed by atoms with Gasteiger partial charge in [0.05, 0.1) is 22.2 Å². The van der Waals surface area contributed by atoms with Crippen molar-refractivity contribution in [3.8, 4) is 10.4 Å². The molecule has 6 N–H and O–H groups in total. The molecule has 1 aliphatic rings. The van der Waals surface area contributed by atoms with Crippen molar-refractivity contribution in [1.82, 2.24) is 5.32 Å². The molecule has 0 aliphatic carbocycles. The molecule has 4 aromatic rings. The Bertz CT molecular complexity index is 1450. The number of nitrogens with one attached hydrogen (secondary N) is 4. The maximum Gasteiger partial charge on any atom is 0.254 e. The molecule has 0 radical (unpaired) electrons. The Kier molecular flexibility index (Phi) is 6.27. The second-order valence-corrected chi connectivity index (χ2v) is 10.9. The Morgan fingerprint density at radius 2 is 1.94 bits per heavy atom. The van der Waals surface area contributed by atoms with Crippen LogP contribution in [-0.2, 0) is 10.8 Å². The van der Waals surface area contributed by atoms with E-state index in [2.05, 4.69) is 22.0 Å². The summed E-state index contributed by atoms with van der Waals surface area (Å²) in [5.41, 5.74) is 10.1. The van der Waals surface area contributed by atoms with E-state index in [9.17, 15) is 9.00 Å². The molecule has 9 heteroatoms. The van der Waals surface area contributed by atoms with Gasteiger partial charge in [0.1, 0.15) is 0 Å². The molecule has 178 valence electrons. The predicted molar refractivity (Wildman–Crippen MR) is 146 cm³/mol. The molecule has 2 atom stereocenters. The lowest BCUT2D eigenvalue weighted by atomic mass is 10.0. The zero-order valence-electron chi connectivity index (χ0n) is 19.1. The van der Waals surface area contributed by atoms with Gasteiger partial charge >= 0.3 is 0 Å². The van der Waals surface area contributed by atoms with Crippen LogP contribution in [-0.4, -0.2) is 28.4 Å². The fraction of sp³-hybridized carbons (Fsp3) is 0.154. The molecule has 1 aromatic heterocycles. The van der Waals surface area contributed by atoms with E-state index in [1.54, 1.807) is 23.5 Å². The van der Waals surface area contributed by atoms with Crippen molar-refractivity contribution >= 4 is 61.4 Å². The number of amides is 1. The predicted octanol–water partition coefficient (Wildman–Crippen LogP) is 5.22. The first-order valence-corrected chi connectivity index (χ1v) is 13.4. The van der Waals surface area contributed by atoms with E-state index in [1.165, 1.54) is 6.21 Å². The van der Waals surface area contributed by atoms with Crippen LogP contribution in [0.5, 0.6) is 0 Å². The number of thiophene rings is 1. The van der Waals surface area contributed by atoms with Crippen LogP contribution < -0.4 is 21.7 Å². The van der Waals surface area contributed by atoms with Crippen LogP contribution in [0.4, 0.5) is 17.1 Å². The van der Waals surface area contributed by atoms with Gasteiger partial charge in [-0.2, -0.15) is 0 Å². The minimum atomic E-state index is -1.05. The van der Waals surface area contributed by atoms with Gasteiger partial charge in [-0.25, -0.2) is 0 Å². The quantitative estimate of drug-likeness (QED) is 0.175. The smallest absolute Gasteiger partial charge is 0.254 e. The second-order valence-electron chi connectivity index (χ2n) is 8.27. The topological polar surface area (TPSA) is 120 Å². The van der Waals surface area contributed by atoms with Crippen molar-refractivity contribution in [2.45, 2.75) is 24.5 Å². The highest BCUT2D eigenvalue weighted by molar-refractivity contribution is 7.85. The number of fused-ring (bicyclic) bond motifs is 2. The summed E-state index contributed by atoms with van der Waals surface area (Å²) < 4.78 is 13.5. The highest BCUT2D eigenvalue weighted by Gasteiger charge is 2.23. The minimum absolute atomic E-state index is 0.303. The van der Waals surface area contributed by atoms with E-state index < -0.39 is 17.1 Å². The summed E-state index contributed by atoms with van der Waals surface area (Å²) in [7, 11) is -1.05. The lowest BCUT2D eigenvalue weighted by molar-refractivity contribution is 0.0946. The van der Waals surface area contributed by atoms with Gasteiger partial charge in [0, 0.05) is 48.8 Å². The molecule has 3 aromatic carbocycles. The lowest BCUT2D eigenvalue weighted by Crippen LogP contribution is -2.42. The van der Waals surface area contributed by atoms with Crippen molar-refractivity contribution < 1.29 is 9.00 Å². The largest absolute Gasteiger partial charge is 0.398 e. The SMILES string of the molecule is CCCS(=O)c1ccc2c(c1)NC(NC(=O)c1cc(C=N)c(N)c(-c3cc4ccccc4s3)c1)N2. The van der Waals surface area contributed by atoms with Crippen LogP contribution in [0.15, 0.2) is 65.6 Å². The lowest BCUT2D eigenvalue weighted by Gasteiger charge is -2.16. The number of rotatable bonds is 7. The van der Waals surface area contributed by atoms with E-state index in [0.29, 0.717) is 22.6 Å². The van der Waals surface area contributed by atoms with Crippen molar-refractivity contribution in [1.29, 1.82) is 5.41 Å². The van der Waals surface area contributed by atoms with Crippen LogP contribution in [0.2, 0.25) is 0 Å². The van der Waals surface area contributed by atoms with E-state index in [0.717, 1.165) is 43.2 Å². The average Bonchev–Trinajstić information content (AvgIpc) is 3.47. The minimum Gasteiger partial charge on any atom is -0.398 e. The molecule has 0 spiro atoms. The molecule has 0 saturated carbocycles. The van der Waals surface area contributed by atoms with E-state index in [-0.39, 0.29) is 5.91 Å². The summed E-state index contributed by atoms with van der Waals surface area (Å²) in [5.74, 6) is 0.309. The summed E-state index contributed by atoms with van der Waals surface area (Å²) >= 11 is 1.60. The van der Waals surface area contributed by atoms with Crippen LogP contribution in [0.25, 0.3) is 20.5 Å². The average molecular weight is 504 g/mol. The Morgan fingerprint density at radius 3 is 2.71 bits per heavy atom. The van der Waals surface area contributed by atoms with E-state index in [4.69, 9.17) is 11.1 Å². The van der Waals surface area contributed by atoms with Gasteiger partial charge in [0.15, 0.2) is 6.29 Å². The summed E-state index contributed by atoms with van der Waals surface area (Å²) in [6.07, 6.45) is 1.49.